The van der Waals surface area contributed by atoms with Crippen molar-refractivity contribution in [1.82, 2.24) is 5.32 Å². The molecule has 16 heavy (non-hydrogen) atoms. The molecule has 3 nitrogen and oxygen atoms in total. The lowest BCUT2D eigenvalue weighted by molar-refractivity contribution is 0.00649. The predicted molar refractivity (Wildman–Crippen MR) is 70.1 cm³/mol. The Morgan fingerprint density at radius 1 is 1.44 bits per heavy atom. The molecule has 0 aromatic carbocycles. The van der Waals surface area contributed by atoms with Gasteiger partial charge < -0.3 is 15.2 Å². The zero-order valence-electron chi connectivity index (χ0n) is 10.4. The van der Waals surface area contributed by atoms with Crippen LogP contribution in [-0.2, 0) is 4.74 Å². The summed E-state index contributed by atoms with van der Waals surface area (Å²) in [5.41, 5.74) is 0. The molecule has 0 saturated carbocycles. The molecule has 0 amide bonds. The van der Waals surface area contributed by atoms with Gasteiger partial charge in [0.05, 0.1) is 18.8 Å². The minimum atomic E-state index is -0.379. The maximum absolute atomic E-state index is 9.63. The summed E-state index contributed by atoms with van der Waals surface area (Å²) in [6, 6.07) is 0. The van der Waals surface area contributed by atoms with Gasteiger partial charge in [0.25, 0.3) is 0 Å². The molecule has 1 saturated heterocycles. The van der Waals surface area contributed by atoms with E-state index in [0.717, 1.165) is 11.8 Å². The first-order valence-electron chi connectivity index (χ1n) is 6.30. The minimum Gasteiger partial charge on any atom is -0.389 e. The molecule has 1 aliphatic rings. The predicted octanol–water partition coefficient (Wildman–Crippen LogP) is 1.65. The van der Waals surface area contributed by atoms with E-state index < -0.39 is 0 Å². The third-order valence-electron chi connectivity index (χ3n) is 2.65. The van der Waals surface area contributed by atoms with Crippen LogP contribution in [0.2, 0.25) is 0 Å². The molecule has 1 heterocycles. The lowest BCUT2D eigenvalue weighted by atomic mass is 10.2. The van der Waals surface area contributed by atoms with E-state index in [4.69, 9.17) is 4.74 Å². The SMILES string of the molecule is CC(C)OCC(O)CNCC1CCCCS1. The number of ether oxygens (including phenoxy) is 1. The van der Waals surface area contributed by atoms with E-state index in [2.05, 4.69) is 17.1 Å². The molecule has 2 N–H and O–H groups in total. The van der Waals surface area contributed by atoms with Crippen molar-refractivity contribution in [1.29, 1.82) is 0 Å². The zero-order chi connectivity index (χ0) is 11.8. The molecule has 1 aliphatic heterocycles. The van der Waals surface area contributed by atoms with E-state index in [9.17, 15) is 5.11 Å². The van der Waals surface area contributed by atoms with Crippen molar-refractivity contribution in [3.05, 3.63) is 0 Å². The van der Waals surface area contributed by atoms with E-state index in [1.54, 1.807) is 0 Å². The van der Waals surface area contributed by atoms with Gasteiger partial charge in [0.15, 0.2) is 0 Å². The molecule has 2 atom stereocenters. The Kier molecular flexibility index (Phi) is 7.45. The van der Waals surface area contributed by atoms with E-state index in [1.165, 1.54) is 25.0 Å². The summed E-state index contributed by atoms with van der Waals surface area (Å²) in [6.45, 7) is 6.06. The van der Waals surface area contributed by atoms with E-state index >= 15 is 0 Å². The van der Waals surface area contributed by atoms with Crippen molar-refractivity contribution in [3.8, 4) is 0 Å². The topological polar surface area (TPSA) is 41.5 Å². The van der Waals surface area contributed by atoms with Crippen molar-refractivity contribution in [2.45, 2.75) is 50.6 Å². The quantitative estimate of drug-likeness (QED) is 0.718. The van der Waals surface area contributed by atoms with Crippen LogP contribution in [0, 0.1) is 0 Å². The second kappa shape index (κ2) is 8.34. The third kappa shape index (κ3) is 6.74. The second-order valence-corrected chi connectivity index (χ2v) is 6.09. The minimum absolute atomic E-state index is 0.198. The highest BCUT2D eigenvalue weighted by Crippen LogP contribution is 2.24. The molecule has 1 rings (SSSR count). The Bertz CT molecular complexity index is 172. The molecule has 0 spiro atoms. The van der Waals surface area contributed by atoms with Crippen LogP contribution >= 0.6 is 11.8 Å². The van der Waals surface area contributed by atoms with Crippen molar-refractivity contribution in [2.24, 2.45) is 0 Å². The Hall–Kier alpha value is 0.230. The summed E-state index contributed by atoms with van der Waals surface area (Å²) in [5.74, 6) is 1.30. The number of aliphatic hydroxyl groups is 1. The highest BCUT2D eigenvalue weighted by molar-refractivity contribution is 7.99. The maximum atomic E-state index is 9.63. The number of hydrogen-bond acceptors (Lipinski definition) is 4. The molecular formula is C12H25NO2S. The van der Waals surface area contributed by atoms with Crippen molar-refractivity contribution >= 4 is 11.8 Å². The number of aliphatic hydroxyl groups excluding tert-OH is 1. The third-order valence-corrected chi connectivity index (χ3v) is 4.05. The fourth-order valence-electron chi connectivity index (χ4n) is 1.74. The van der Waals surface area contributed by atoms with Crippen LogP contribution < -0.4 is 5.32 Å². The molecular weight excluding hydrogens is 222 g/mol. The summed E-state index contributed by atoms with van der Waals surface area (Å²) >= 11 is 2.06. The van der Waals surface area contributed by atoms with Crippen LogP contribution in [0.3, 0.4) is 0 Å². The Morgan fingerprint density at radius 3 is 2.88 bits per heavy atom. The normalized spacial score (nSPS) is 23.6. The van der Waals surface area contributed by atoms with Gasteiger partial charge >= 0.3 is 0 Å². The van der Waals surface area contributed by atoms with Gasteiger partial charge in [-0.1, -0.05) is 6.42 Å². The first kappa shape index (κ1) is 14.3. The van der Waals surface area contributed by atoms with Crippen molar-refractivity contribution in [2.75, 3.05) is 25.4 Å². The molecule has 4 heteroatoms. The largest absolute Gasteiger partial charge is 0.389 e. The number of thioether (sulfide) groups is 1. The average molecular weight is 247 g/mol. The molecule has 0 aromatic rings. The van der Waals surface area contributed by atoms with Gasteiger partial charge in [-0.05, 0) is 32.4 Å². The number of rotatable bonds is 7. The summed E-state index contributed by atoms with van der Waals surface area (Å²) in [4.78, 5) is 0. The number of hydrogen-bond donors (Lipinski definition) is 2. The average Bonchev–Trinajstić information content (AvgIpc) is 2.28. The fraction of sp³-hybridized carbons (Fsp3) is 1.00. The van der Waals surface area contributed by atoms with Crippen LogP contribution in [-0.4, -0.2) is 48.0 Å². The molecule has 96 valence electrons. The van der Waals surface area contributed by atoms with Crippen molar-refractivity contribution in [3.63, 3.8) is 0 Å². The standard InChI is InChI=1S/C12H25NO2S/c1-10(2)15-9-11(14)7-13-8-12-5-3-4-6-16-12/h10-14H,3-9H2,1-2H3. The second-order valence-electron chi connectivity index (χ2n) is 4.68. The van der Waals surface area contributed by atoms with Gasteiger partial charge in [-0.2, -0.15) is 11.8 Å². The van der Waals surface area contributed by atoms with Crippen LogP contribution in [0.4, 0.5) is 0 Å². The Morgan fingerprint density at radius 2 is 2.25 bits per heavy atom. The first-order valence-corrected chi connectivity index (χ1v) is 7.35. The van der Waals surface area contributed by atoms with Crippen LogP contribution in [0.15, 0.2) is 0 Å². The van der Waals surface area contributed by atoms with Crippen molar-refractivity contribution < 1.29 is 9.84 Å². The van der Waals surface area contributed by atoms with Gasteiger partial charge in [-0.15, -0.1) is 0 Å². The monoisotopic (exact) mass is 247 g/mol. The molecule has 0 radical (unpaired) electrons. The van der Waals surface area contributed by atoms with Gasteiger partial charge in [0, 0.05) is 18.3 Å². The lowest BCUT2D eigenvalue weighted by Crippen LogP contribution is -2.35. The van der Waals surface area contributed by atoms with Crippen LogP contribution in [0.25, 0.3) is 0 Å². The van der Waals surface area contributed by atoms with E-state index in [-0.39, 0.29) is 12.2 Å². The molecule has 0 bridgehead atoms. The smallest absolute Gasteiger partial charge is 0.0897 e. The molecule has 2 unspecified atom stereocenters. The summed E-state index contributed by atoms with van der Waals surface area (Å²) in [6.07, 6.45) is 3.86. The van der Waals surface area contributed by atoms with E-state index in [1.807, 2.05) is 13.8 Å². The van der Waals surface area contributed by atoms with Gasteiger partial charge in [0.2, 0.25) is 0 Å². The maximum Gasteiger partial charge on any atom is 0.0897 e. The molecule has 0 aliphatic carbocycles. The Labute approximate surface area is 103 Å². The highest BCUT2D eigenvalue weighted by atomic mass is 32.2. The first-order chi connectivity index (χ1) is 7.68. The Balaban J connectivity index is 1.96. The zero-order valence-corrected chi connectivity index (χ0v) is 11.3. The molecule has 1 fully saturated rings. The van der Waals surface area contributed by atoms with E-state index in [0.29, 0.717) is 13.2 Å². The van der Waals surface area contributed by atoms with Gasteiger partial charge in [0.1, 0.15) is 0 Å². The number of nitrogens with one attached hydrogen (secondary N) is 1. The van der Waals surface area contributed by atoms with Crippen LogP contribution in [0.5, 0.6) is 0 Å². The lowest BCUT2D eigenvalue weighted by Gasteiger charge is -2.22. The highest BCUT2D eigenvalue weighted by Gasteiger charge is 2.14. The summed E-state index contributed by atoms with van der Waals surface area (Å²) in [5, 5.41) is 13.7. The fourth-order valence-corrected chi connectivity index (χ4v) is 3.01. The van der Waals surface area contributed by atoms with Gasteiger partial charge in [-0.25, -0.2) is 0 Å². The summed E-state index contributed by atoms with van der Waals surface area (Å²) in [7, 11) is 0. The van der Waals surface area contributed by atoms with Gasteiger partial charge in [-0.3, -0.25) is 0 Å². The van der Waals surface area contributed by atoms with Crippen LogP contribution in [0.1, 0.15) is 33.1 Å². The summed E-state index contributed by atoms with van der Waals surface area (Å²) < 4.78 is 5.35. The molecule has 0 aromatic heterocycles.